The van der Waals surface area contributed by atoms with Gasteiger partial charge in [-0.3, -0.25) is 0 Å². The van der Waals surface area contributed by atoms with Crippen molar-refractivity contribution < 1.29 is 4.42 Å². The minimum Gasteiger partial charge on any atom is -0.438 e. The second-order valence-corrected chi connectivity index (χ2v) is 6.68. The highest BCUT2D eigenvalue weighted by Gasteiger charge is 2.28. The minimum absolute atomic E-state index is 0.109. The van der Waals surface area contributed by atoms with E-state index in [4.69, 9.17) is 21.8 Å². The van der Waals surface area contributed by atoms with Crippen molar-refractivity contribution in [1.82, 2.24) is 0 Å². The summed E-state index contributed by atoms with van der Waals surface area (Å²) in [5.74, 6) is 0. The number of thioether (sulfide) groups is 1. The van der Waals surface area contributed by atoms with E-state index in [1.165, 1.54) is 11.1 Å². The maximum atomic E-state index is 5.83. The van der Waals surface area contributed by atoms with Crippen LogP contribution < -0.4 is 5.73 Å². The number of aryl methyl sites for hydroxylation is 1. The Morgan fingerprint density at radius 1 is 1.32 bits per heavy atom. The van der Waals surface area contributed by atoms with Crippen molar-refractivity contribution in [3.05, 3.63) is 52.7 Å². The summed E-state index contributed by atoms with van der Waals surface area (Å²) in [6.45, 7) is 4.92. The van der Waals surface area contributed by atoms with Crippen LogP contribution in [0.15, 0.2) is 45.9 Å². The van der Waals surface area contributed by atoms with E-state index in [-0.39, 0.29) is 4.75 Å². The number of benzene rings is 1. The normalized spacial score (nSPS) is 14.3. The molecule has 1 unspecified atom stereocenters. The molecule has 0 fully saturated rings. The van der Waals surface area contributed by atoms with Crippen LogP contribution in [0.5, 0.6) is 0 Å². The molecule has 2 nitrogen and oxygen atoms in total. The molecule has 0 saturated heterocycles. The van der Waals surface area contributed by atoms with Crippen molar-refractivity contribution in [1.29, 1.82) is 0 Å². The molecule has 19 heavy (non-hydrogen) atoms. The number of hydrogen-bond acceptors (Lipinski definition) is 3. The van der Waals surface area contributed by atoms with Gasteiger partial charge in [-0.15, -0.1) is 0 Å². The van der Waals surface area contributed by atoms with Crippen LogP contribution in [0.2, 0.25) is 5.22 Å². The Kier molecular flexibility index (Phi) is 4.61. The lowest BCUT2D eigenvalue weighted by molar-refractivity contribution is 0.471. The van der Waals surface area contributed by atoms with Crippen LogP contribution in [0.3, 0.4) is 0 Å². The largest absolute Gasteiger partial charge is 0.438 e. The Hall–Kier alpha value is -0.900. The molecule has 0 saturated carbocycles. The number of hydrogen-bond donors (Lipinski definition) is 1. The molecule has 1 aromatic carbocycles. The van der Waals surface area contributed by atoms with Gasteiger partial charge in [0.2, 0.25) is 0 Å². The van der Waals surface area contributed by atoms with E-state index in [1.54, 1.807) is 17.8 Å². The van der Waals surface area contributed by atoms with E-state index in [1.807, 2.05) is 6.07 Å². The van der Waals surface area contributed by atoms with Crippen LogP contribution in [0.1, 0.15) is 24.5 Å². The van der Waals surface area contributed by atoms with E-state index in [2.05, 4.69) is 38.1 Å². The first kappa shape index (κ1) is 14.5. The standard InChI is InChI=1S/C15H18ClNOS/c1-11-4-3-5-12(10-11)15(2,8-9-17)19-14-7-6-13(16)18-14/h3-7,10H,8-9,17H2,1-2H3. The fourth-order valence-corrected chi connectivity index (χ4v) is 3.45. The third-order valence-corrected chi connectivity index (χ3v) is 4.64. The molecule has 0 aliphatic carbocycles. The van der Waals surface area contributed by atoms with Gasteiger partial charge in [-0.25, -0.2) is 0 Å². The summed E-state index contributed by atoms with van der Waals surface area (Å²) in [7, 11) is 0. The molecular weight excluding hydrogens is 278 g/mol. The van der Waals surface area contributed by atoms with Gasteiger partial charge in [0.05, 0.1) is 0 Å². The van der Waals surface area contributed by atoms with Gasteiger partial charge >= 0.3 is 0 Å². The van der Waals surface area contributed by atoms with E-state index < -0.39 is 0 Å². The van der Waals surface area contributed by atoms with Crippen LogP contribution in [0.25, 0.3) is 0 Å². The summed E-state index contributed by atoms with van der Waals surface area (Å²) in [6.07, 6.45) is 0.874. The summed E-state index contributed by atoms with van der Waals surface area (Å²) in [5, 5.41) is 1.24. The molecule has 2 rings (SSSR count). The predicted molar refractivity (Wildman–Crippen MR) is 81.8 cm³/mol. The Labute approximate surface area is 123 Å². The van der Waals surface area contributed by atoms with Gasteiger partial charge in [0.25, 0.3) is 0 Å². The predicted octanol–water partition coefficient (Wildman–Crippen LogP) is 4.60. The first-order valence-electron chi connectivity index (χ1n) is 6.25. The Morgan fingerprint density at radius 2 is 2.11 bits per heavy atom. The molecular formula is C15H18ClNOS. The van der Waals surface area contributed by atoms with Crippen LogP contribution in [0, 0.1) is 6.92 Å². The third-order valence-electron chi connectivity index (χ3n) is 3.12. The van der Waals surface area contributed by atoms with Gasteiger partial charge in [0.1, 0.15) is 0 Å². The van der Waals surface area contributed by atoms with Crippen molar-refractivity contribution in [2.24, 2.45) is 5.73 Å². The quantitative estimate of drug-likeness (QED) is 0.820. The molecule has 0 amide bonds. The van der Waals surface area contributed by atoms with E-state index in [0.29, 0.717) is 11.8 Å². The topological polar surface area (TPSA) is 39.2 Å². The zero-order chi connectivity index (χ0) is 13.9. The average molecular weight is 296 g/mol. The van der Waals surface area contributed by atoms with Gasteiger partial charge in [-0.05, 0) is 56.1 Å². The molecule has 0 aliphatic heterocycles. The van der Waals surface area contributed by atoms with Gasteiger partial charge in [0.15, 0.2) is 10.3 Å². The van der Waals surface area contributed by atoms with E-state index in [0.717, 1.165) is 11.5 Å². The summed E-state index contributed by atoms with van der Waals surface area (Å²) in [6, 6.07) is 12.2. The highest BCUT2D eigenvalue weighted by Crippen LogP contribution is 2.44. The Bertz CT molecular complexity index is 555. The molecule has 2 N–H and O–H groups in total. The second kappa shape index (κ2) is 6.04. The van der Waals surface area contributed by atoms with E-state index in [9.17, 15) is 0 Å². The monoisotopic (exact) mass is 295 g/mol. The fraction of sp³-hybridized carbons (Fsp3) is 0.333. The summed E-state index contributed by atoms with van der Waals surface area (Å²) >= 11 is 7.50. The molecule has 0 spiro atoms. The smallest absolute Gasteiger partial charge is 0.194 e. The third kappa shape index (κ3) is 3.56. The van der Waals surface area contributed by atoms with E-state index >= 15 is 0 Å². The number of rotatable bonds is 5. The van der Waals surface area contributed by atoms with Gasteiger partial charge in [0, 0.05) is 4.75 Å². The van der Waals surface area contributed by atoms with Gasteiger partial charge in [-0.1, -0.05) is 41.6 Å². The molecule has 1 aromatic heterocycles. The highest BCUT2D eigenvalue weighted by molar-refractivity contribution is 8.00. The molecule has 102 valence electrons. The number of halogens is 1. The Balaban J connectivity index is 2.31. The lowest BCUT2D eigenvalue weighted by Crippen LogP contribution is -2.21. The molecule has 4 heteroatoms. The molecule has 2 aromatic rings. The zero-order valence-electron chi connectivity index (χ0n) is 11.2. The highest BCUT2D eigenvalue weighted by atomic mass is 35.5. The molecule has 1 atom stereocenters. The van der Waals surface area contributed by atoms with Crippen molar-refractivity contribution in [3.63, 3.8) is 0 Å². The maximum absolute atomic E-state index is 5.83. The number of nitrogens with two attached hydrogens (primary N) is 1. The Morgan fingerprint density at radius 3 is 2.68 bits per heavy atom. The minimum atomic E-state index is -0.109. The SMILES string of the molecule is Cc1cccc(C(C)(CCN)Sc2ccc(Cl)o2)c1. The molecule has 0 radical (unpaired) electrons. The zero-order valence-corrected chi connectivity index (χ0v) is 12.7. The second-order valence-electron chi connectivity index (χ2n) is 4.80. The molecule has 0 bridgehead atoms. The summed E-state index contributed by atoms with van der Waals surface area (Å²) < 4.78 is 5.36. The van der Waals surface area contributed by atoms with Crippen molar-refractivity contribution >= 4 is 23.4 Å². The van der Waals surface area contributed by atoms with Crippen LogP contribution >= 0.6 is 23.4 Å². The van der Waals surface area contributed by atoms with Crippen molar-refractivity contribution in [2.75, 3.05) is 6.54 Å². The fourth-order valence-electron chi connectivity index (χ4n) is 2.08. The van der Waals surface area contributed by atoms with Crippen LogP contribution in [0.4, 0.5) is 0 Å². The van der Waals surface area contributed by atoms with Crippen molar-refractivity contribution in [2.45, 2.75) is 30.1 Å². The first-order chi connectivity index (χ1) is 9.03. The molecule has 1 heterocycles. The first-order valence-corrected chi connectivity index (χ1v) is 7.44. The maximum Gasteiger partial charge on any atom is 0.194 e. The van der Waals surface area contributed by atoms with Crippen molar-refractivity contribution in [3.8, 4) is 0 Å². The lowest BCUT2D eigenvalue weighted by atomic mass is 9.95. The average Bonchev–Trinajstić information content (AvgIpc) is 2.75. The summed E-state index contributed by atoms with van der Waals surface area (Å²) in [5.41, 5.74) is 8.29. The van der Waals surface area contributed by atoms with Crippen LogP contribution in [-0.4, -0.2) is 6.54 Å². The molecule has 0 aliphatic rings. The van der Waals surface area contributed by atoms with Gasteiger partial charge < -0.3 is 10.2 Å². The van der Waals surface area contributed by atoms with Crippen LogP contribution in [-0.2, 0) is 4.75 Å². The van der Waals surface area contributed by atoms with Gasteiger partial charge in [-0.2, -0.15) is 0 Å². The summed E-state index contributed by atoms with van der Waals surface area (Å²) in [4.78, 5) is 0. The lowest BCUT2D eigenvalue weighted by Gasteiger charge is -2.28. The number of furan rings is 1.